The minimum atomic E-state index is -0.202. The number of unbranched alkanes of at least 4 members (excludes halogenated alkanes) is 2. The Labute approximate surface area is 101 Å². The highest BCUT2D eigenvalue weighted by molar-refractivity contribution is 7.79. The number of rotatable bonds is 8. The molecule has 2 N–H and O–H groups in total. The average Bonchev–Trinajstić information content (AvgIpc) is 2.33. The van der Waals surface area contributed by atoms with Gasteiger partial charge in [-0.2, -0.15) is 12.6 Å². The van der Waals surface area contributed by atoms with Gasteiger partial charge in [0.2, 0.25) is 0 Å². The van der Waals surface area contributed by atoms with Crippen LogP contribution in [0.2, 0.25) is 0 Å². The van der Waals surface area contributed by atoms with E-state index >= 15 is 0 Å². The summed E-state index contributed by atoms with van der Waals surface area (Å²) in [6.45, 7) is 4.53. The first kappa shape index (κ1) is 17.7. The Morgan fingerprint density at radius 3 is 1.40 bits per heavy atom. The third kappa shape index (κ3) is 8.12. The maximum Gasteiger partial charge on any atom is 0.0509 e. The minimum absolute atomic E-state index is 0.128. The lowest BCUT2D eigenvalue weighted by Gasteiger charge is -2.29. The summed E-state index contributed by atoms with van der Waals surface area (Å²) >= 11 is 3.53. The third-order valence-corrected chi connectivity index (χ3v) is 2.79. The van der Waals surface area contributed by atoms with E-state index in [1.807, 2.05) is 0 Å². The van der Waals surface area contributed by atoms with Gasteiger partial charge in [0.25, 0.3) is 0 Å². The second-order valence-electron chi connectivity index (χ2n) is 4.02. The summed E-state index contributed by atoms with van der Waals surface area (Å²) in [6, 6.07) is 0. The van der Waals surface area contributed by atoms with Crippen molar-refractivity contribution in [2.45, 2.75) is 52.4 Å². The van der Waals surface area contributed by atoms with Crippen molar-refractivity contribution in [2.75, 3.05) is 19.5 Å². The van der Waals surface area contributed by atoms with Crippen LogP contribution in [0.5, 0.6) is 0 Å². The lowest BCUT2D eigenvalue weighted by molar-refractivity contribution is 0.0361. The molecule has 15 heavy (non-hydrogen) atoms. The molecule has 0 amide bonds. The van der Waals surface area contributed by atoms with Gasteiger partial charge < -0.3 is 10.2 Å². The predicted molar refractivity (Wildman–Crippen MR) is 70.6 cm³/mol. The molecule has 0 bridgehead atoms. The van der Waals surface area contributed by atoms with Gasteiger partial charge in [0, 0.05) is 5.41 Å². The van der Waals surface area contributed by atoms with Crippen LogP contribution in [0.25, 0.3) is 0 Å². The molecule has 0 unspecified atom stereocenters. The van der Waals surface area contributed by atoms with Gasteiger partial charge in [-0.1, -0.05) is 39.5 Å². The van der Waals surface area contributed by atoms with Crippen molar-refractivity contribution in [3.05, 3.63) is 0 Å². The van der Waals surface area contributed by atoms with Crippen LogP contribution in [-0.2, 0) is 0 Å². The Hall–Kier alpha value is 0.270. The maximum atomic E-state index is 9.27. The van der Waals surface area contributed by atoms with Gasteiger partial charge in [0.1, 0.15) is 0 Å². The standard InChI is InChI=1S/C11H24O2.CH4S/c1-3-5-7-11(9-12,10-13)8-6-4-2;1-2/h12-13H,3-10H2,1-2H3;2H,1H3. The number of hydrogen-bond donors (Lipinski definition) is 3. The topological polar surface area (TPSA) is 40.5 Å². The number of aliphatic hydroxyl groups is 2. The van der Waals surface area contributed by atoms with Crippen molar-refractivity contribution in [1.82, 2.24) is 0 Å². The minimum Gasteiger partial charge on any atom is -0.396 e. The van der Waals surface area contributed by atoms with Crippen LogP contribution in [-0.4, -0.2) is 29.7 Å². The zero-order chi connectivity index (χ0) is 12.2. The van der Waals surface area contributed by atoms with Crippen LogP contribution in [0.3, 0.4) is 0 Å². The van der Waals surface area contributed by atoms with Gasteiger partial charge in [-0.25, -0.2) is 0 Å². The molecule has 0 aliphatic heterocycles. The summed E-state index contributed by atoms with van der Waals surface area (Å²) in [5, 5.41) is 18.5. The molecule has 0 aromatic rings. The smallest absolute Gasteiger partial charge is 0.0509 e. The van der Waals surface area contributed by atoms with E-state index in [1.54, 1.807) is 6.26 Å². The molecular formula is C12H28O2S. The molecule has 0 heterocycles. The zero-order valence-corrected chi connectivity index (χ0v) is 11.4. The van der Waals surface area contributed by atoms with Gasteiger partial charge in [-0.05, 0) is 19.1 Å². The quantitative estimate of drug-likeness (QED) is 0.567. The van der Waals surface area contributed by atoms with E-state index in [0.717, 1.165) is 38.5 Å². The van der Waals surface area contributed by atoms with E-state index in [0.29, 0.717) is 0 Å². The lowest BCUT2D eigenvalue weighted by Crippen LogP contribution is -2.29. The Bertz CT molecular complexity index is 104. The molecule has 0 saturated carbocycles. The summed E-state index contributed by atoms with van der Waals surface area (Å²) in [7, 11) is 0. The second kappa shape index (κ2) is 12.3. The highest BCUT2D eigenvalue weighted by Crippen LogP contribution is 2.29. The summed E-state index contributed by atoms with van der Waals surface area (Å²) < 4.78 is 0. The molecule has 0 aliphatic rings. The normalized spacial score (nSPS) is 10.8. The predicted octanol–water partition coefficient (Wildman–Crippen LogP) is 2.88. The molecule has 0 aromatic heterocycles. The van der Waals surface area contributed by atoms with E-state index in [4.69, 9.17) is 0 Å². The van der Waals surface area contributed by atoms with Crippen LogP contribution >= 0.6 is 12.6 Å². The second-order valence-corrected chi connectivity index (χ2v) is 4.02. The van der Waals surface area contributed by atoms with Gasteiger partial charge in [0.15, 0.2) is 0 Å². The highest BCUT2D eigenvalue weighted by atomic mass is 32.1. The van der Waals surface area contributed by atoms with E-state index in [2.05, 4.69) is 26.5 Å². The monoisotopic (exact) mass is 236 g/mol. The Morgan fingerprint density at radius 1 is 0.867 bits per heavy atom. The molecule has 0 radical (unpaired) electrons. The van der Waals surface area contributed by atoms with Crippen LogP contribution in [0.4, 0.5) is 0 Å². The van der Waals surface area contributed by atoms with E-state index < -0.39 is 0 Å². The Morgan fingerprint density at radius 2 is 1.20 bits per heavy atom. The van der Waals surface area contributed by atoms with Gasteiger partial charge in [-0.3, -0.25) is 0 Å². The van der Waals surface area contributed by atoms with Crippen LogP contribution in [0.1, 0.15) is 52.4 Å². The van der Waals surface area contributed by atoms with Gasteiger partial charge >= 0.3 is 0 Å². The van der Waals surface area contributed by atoms with Gasteiger partial charge in [0.05, 0.1) is 13.2 Å². The first-order chi connectivity index (χ1) is 7.24. The average molecular weight is 236 g/mol. The molecule has 94 valence electrons. The van der Waals surface area contributed by atoms with Crippen LogP contribution in [0.15, 0.2) is 0 Å². The summed E-state index contributed by atoms with van der Waals surface area (Å²) in [5.41, 5.74) is -0.202. The lowest BCUT2D eigenvalue weighted by atomic mass is 9.80. The maximum absolute atomic E-state index is 9.27. The zero-order valence-electron chi connectivity index (χ0n) is 10.5. The molecule has 0 spiro atoms. The SMILES string of the molecule is CCCCC(CO)(CO)CCCC.CS. The van der Waals surface area contributed by atoms with E-state index in [9.17, 15) is 10.2 Å². The van der Waals surface area contributed by atoms with Gasteiger partial charge in [-0.15, -0.1) is 0 Å². The molecular weight excluding hydrogens is 208 g/mol. The van der Waals surface area contributed by atoms with Crippen molar-refractivity contribution in [2.24, 2.45) is 5.41 Å². The summed E-state index contributed by atoms with van der Waals surface area (Å²) in [6.07, 6.45) is 8.07. The first-order valence-electron chi connectivity index (χ1n) is 5.91. The number of aliphatic hydroxyl groups excluding tert-OH is 2. The van der Waals surface area contributed by atoms with Crippen molar-refractivity contribution in [1.29, 1.82) is 0 Å². The molecule has 0 fully saturated rings. The molecule has 0 saturated heterocycles. The van der Waals surface area contributed by atoms with Crippen LogP contribution < -0.4 is 0 Å². The van der Waals surface area contributed by atoms with E-state index in [-0.39, 0.29) is 18.6 Å². The fourth-order valence-corrected chi connectivity index (χ4v) is 1.59. The Balaban J connectivity index is 0. The number of thiol groups is 1. The van der Waals surface area contributed by atoms with Crippen molar-refractivity contribution in [3.8, 4) is 0 Å². The fraction of sp³-hybridized carbons (Fsp3) is 1.00. The molecule has 0 aliphatic carbocycles. The molecule has 0 aromatic carbocycles. The molecule has 0 rings (SSSR count). The van der Waals surface area contributed by atoms with E-state index in [1.165, 1.54) is 0 Å². The molecule has 2 nitrogen and oxygen atoms in total. The van der Waals surface area contributed by atoms with Crippen molar-refractivity contribution < 1.29 is 10.2 Å². The van der Waals surface area contributed by atoms with Crippen molar-refractivity contribution >= 4 is 12.6 Å². The summed E-state index contributed by atoms with van der Waals surface area (Å²) in [4.78, 5) is 0. The highest BCUT2D eigenvalue weighted by Gasteiger charge is 2.26. The van der Waals surface area contributed by atoms with Crippen LogP contribution in [0, 0.1) is 5.41 Å². The third-order valence-electron chi connectivity index (χ3n) is 2.79. The summed E-state index contributed by atoms with van der Waals surface area (Å²) in [5.74, 6) is 0. The van der Waals surface area contributed by atoms with Crippen molar-refractivity contribution in [3.63, 3.8) is 0 Å². The molecule has 0 atom stereocenters. The fourth-order valence-electron chi connectivity index (χ4n) is 1.59. The Kier molecular flexibility index (Phi) is 14.5. The number of hydrogen-bond acceptors (Lipinski definition) is 3. The first-order valence-corrected chi connectivity index (χ1v) is 6.80. The molecule has 3 heteroatoms. The largest absolute Gasteiger partial charge is 0.396 e.